The molecule has 0 radical (unpaired) electrons. The monoisotopic (exact) mass is 504 g/mol. The van der Waals surface area contributed by atoms with E-state index in [0.29, 0.717) is 22.2 Å². The average Bonchev–Trinajstić information content (AvgIpc) is 3.18. The Hall–Kier alpha value is -3.72. The lowest BCUT2D eigenvalue weighted by molar-refractivity contribution is -0.137. The molecule has 1 saturated heterocycles. The van der Waals surface area contributed by atoms with E-state index in [9.17, 15) is 22.8 Å². The number of hydrogen-bond acceptors (Lipinski definition) is 4. The van der Waals surface area contributed by atoms with Gasteiger partial charge in [0.05, 0.1) is 12.2 Å². The van der Waals surface area contributed by atoms with Gasteiger partial charge in [0.25, 0.3) is 0 Å². The quantitative estimate of drug-likeness (QED) is 0.390. The lowest BCUT2D eigenvalue weighted by atomic mass is 10.1. The molecule has 182 valence electrons. The van der Waals surface area contributed by atoms with Gasteiger partial charge in [-0.2, -0.15) is 13.2 Å². The Labute approximate surface area is 204 Å². The van der Waals surface area contributed by atoms with E-state index in [0.717, 1.165) is 17.0 Å². The Morgan fingerprint density at radius 3 is 2.26 bits per heavy atom. The van der Waals surface area contributed by atoms with Crippen LogP contribution in [0.2, 0.25) is 5.02 Å². The second-order valence-electron chi connectivity index (χ2n) is 7.64. The minimum absolute atomic E-state index is 0.0512. The molecule has 35 heavy (non-hydrogen) atoms. The molecule has 2 amide bonds. The number of nitrogens with zero attached hydrogens (tertiary/aromatic N) is 2. The highest BCUT2D eigenvalue weighted by Gasteiger charge is 2.44. The topological polar surface area (TPSA) is 59.1 Å². The molecule has 0 saturated carbocycles. The van der Waals surface area contributed by atoms with E-state index >= 15 is 0 Å². The molecule has 1 fully saturated rings. The number of hydrogen-bond donors (Lipinski definition) is 0. The molecule has 1 aliphatic rings. The van der Waals surface area contributed by atoms with Crippen molar-refractivity contribution in [2.24, 2.45) is 0 Å². The summed E-state index contributed by atoms with van der Waals surface area (Å²) in [4.78, 5) is 28.0. The van der Waals surface area contributed by atoms with Gasteiger partial charge >= 0.3 is 12.3 Å². The lowest BCUT2D eigenvalue weighted by Gasteiger charge is -2.30. The third-order valence-electron chi connectivity index (χ3n) is 5.29. The van der Waals surface area contributed by atoms with Crippen LogP contribution in [0.5, 0.6) is 11.5 Å². The first-order chi connectivity index (χ1) is 16.7. The molecule has 0 bridgehead atoms. The van der Waals surface area contributed by atoms with Crippen molar-refractivity contribution >= 4 is 29.3 Å². The molecule has 3 aromatic rings. The van der Waals surface area contributed by atoms with Gasteiger partial charge < -0.3 is 9.47 Å². The summed E-state index contributed by atoms with van der Waals surface area (Å²) in [6.45, 7) is 1.31. The molecule has 0 aliphatic carbocycles. The van der Waals surface area contributed by atoms with Gasteiger partial charge in [-0.15, -0.1) is 0 Å². The molecule has 0 N–H and O–H groups in total. The number of amides is 2. The smallest absolute Gasteiger partial charge is 0.416 e. The highest BCUT2D eigenvalue weighted by molar-refractivity contribution is 6.30. The molecule has 1 aliphatic heterocycles. The molecule has 4 rings (SSSR count). The van der Waals surface area contributed by atoms with Gasteiger partial charge in [-0.1, -0.05) is 23.7 Å². The van der Waals surface area contributed by atoms with E-state index in [1.165, 1.54) is 17.0 Å². The second kappa shape index (κ2) is 9.87. The molecule has 3 aromatic carbocycles. The van der Waals surface area contributed by atoms with Gasteiger partial charge in [0.1, 0.15) is 24.2 Å². The first-order valence-electron chi connectivity index (χ1n) is 10.6. The van der Waals surface area contributed by atoms with E-state index in [-0.39, 0.29) is 18.7 Å². The van der Waals surface area contributed by atoms with Crippen LogP contribution in [0.25, 0.3) is 0 Å². The Bertz CT molecular complexity index is 1220. The van der Waals surface area contributed by atoms with Crippen LogP contribution >= 0.6 is 11.6 Å². The predicted molar refractivity (Wildman–Crippen MR) is 123 cm³/mol. The minimum atomic E-state index is -4.58. The van der Waals surface area contributed by atoms with Gasteiger partial charge in [0.15, 0.2) is 0 Å². The summed E-state index contributed by atoms with van der Waals surface area (Å²) in [5.74, 6) is 0.558. The van der Waals surface area contributed by atoms with Crippen molar-refractivity contribution in [1.29, 1.82) is 0 Å². The average molecular weight is 505 g/mol. The molecule has 6 nitrogen and oxygen atoms in total. The number of benzene rings is 3. The van der Waals surface area contributed by atoms with E-state index < -0.39 is 29.9 Å². The Morgan fingerprint density at radius 2 is 1.66 bits per heavy atom. The molecule has 1 atom stereocenters. The van der Waals surface area contributed by atoms with Crippen LogP contribution in [0.4, 0.5) is 23.7 Å². The van der Waals surface area contributed by atoms with Crippen molar-refractivity contribution in [3.05, 3.63) is 88.9 Å². The molecule has 1 unspecified atom stereocenters. The van der Waals surface area contributed by atoms with Crippen LogP contribution in [0.1, 0.15) is 24.2 Å². The third kappa shape index (κ3) is 5.35. The van der Waals surface area contributed by atoms with Gasteiger partial charge in [-0.3, -0.25) is 14.6 Å². The summed E-state index contributed by atoms with van der Waals surface area (Å²) in [5.41, 5.74) is -0.377. The van der Waals surface area contributed by atoms with Gasteiger partial charge in [0.2, 0.25) is 5.91 Å². The normalized spacial score (nSPS) is 15.9. The van der Waals surface area contributed by atoms with Gasteiger partial charge in [-0.25, -0.2) is 4.79 Å². The first-order valence-corrected chi connectivity index (χ1v) is 11.0. The van der Waals surface area contributed by atoms with E-state index in [2.05, 4.69) is 0 Å². The number of anilines is 1. The fourth-order valence-corrected chi connectivity index (χ4v) is 3.88. The van der Waals surface area contributed by atoms with Crippen LogP contribution in [0.3, 0.4) is 0 Å². The van der Waals surface area contributed by atoms with Crippen LogP contribution < -0.4 is 9.64 Å². The first kappa shape index (κ1) is 24.4. The van der Waals surface area contributed by atoms with Crippen molar-refractivity contribution in [3.63, 3.8) is 0 Å². The molecule has 10 heteroatoms. The molecular weight excluding hydrogens is 485 g/mol. The standard InChI is InChI=1S/C25H20ClF3N2O4/c1-2-34-24(33)30-15-22(32)31(23(30)16-4-3-5-17(14-16)25(27,28)29)19-8-12-21(13-9-19)35-20-10-6-18(26)7-11-20/h3-14,23H,2,15H2,1H3. The fraction of sp³-hybridized carbons (Fsp3) is 0.200. The Balaban J connectivity index is 1.68. The molecule has 0 aromatic heterocycles. The summed E-state index contributed by atoms with van der Waals surface area (Å²) in [7, 11) is 0. The summed E-state index contributed by atoms with van der Waals surface area (Å²) >= 11 is 5.88. The van der Waals surface area contributed by atoms with E-state index in [1.807, 2.05) is 0 Å². The number of ether oxygens (including phenoxy) is 2. The summed E-state index contributed by atoms with van der Waals surface area (Å²) < 4.78 is 50.9. The van der Waals surface area contributed by atoms with Crippen molar-refractivity contribution in [2.75, 3.05) is 18.1 Å². The number of alkyl halides is 3. The van der Waals surface area contributed by atoms with Crippen molar-refractivity contribution < 1.29 is 32.2 Å². The number of rotatable bonds is 5. The number of carbonyl (C=O) groups excluding carboxylic acids is 2. The zero-order valence-corrected chi connectivity index (χ0v) is 19.2. The van der Waals surface area contributed by atoms with Crippen LogP contribution in [0, 0.1) is 0 Å². The molecule has 1 heterocycles. The van der Waals surface area contributed by atoms with Gasteiger partial charge in [-0.05, 0) is 73.2 Å². The van der Waals surface area contributed by atoms with Crippen LogP contribution in [-0.2, 0) is 15.7 Å². The Morgan fingerprint density at radius 1 is 1.03 bits per heavy atom. The SMILES string of the molecule is CCOC(=O)N1CC(=O)N(c2ccc(Oc3ccc(Cl)cc3)cc2)C1c1cccc(C(F)(F)F)c1. The maximum Gasteiger partial charge on any atom is 0.416 e. The maximum absolute atomic E-state index is 13.4. The molecule has 0 spiro atoms. The van der Waals surface area contributed by atoms with E-state index in [1.54, 1.807) is 55.5 Å². The third-order valence-corrected chi connectivity index (χ3v) is 5.54. The fourth-order valence-electron chi connectivity index (χ4n) is 3.76. The lowest BCUT2D eigenvalue weighted by Crippen LogP contribution is -2.36. The maximum atomic E-state index is 13.4. The second-order valence-corrected chi connectivity index (χ2v) is 8.07. The van der Waals surface area contributed by atoms with Crippen molar-refractivity contribution in [1.82, 2.24) is 4.90 Å². The number of carbonyl (C=O) groups is 2. The van der Waals surface area contributed by atoms with Crippen LogP contribution in [-0.4, -0.2) is 30.1 Å². The van der Waals surface area contributed by atoms with Crippen LogP contribution in [0.15, 0.2) is 72.8 Å². The minimum Gasteiger partial charge on any atom is -0.457 e. The van der Waals surface area contributed by atoms with Gasteiger partial charge in [0, 0.05) is 10.7 Å². The summed E-state index contributed by atoms with van der Waals surface area (Å²) in [6.07, 6.45) is -6.50. The molecular formula is C25H20ClF3N2O4. The zero-order valence-electron chi connectivity index (χ0n) is 18.5. The summed E-state index contributed by atoms with van der Waals surface area (Å²) in [5, 5.41) is 0.562. The highest BCUT2D eigenvalue weighted by Crippen LogP contribution is 2.39. The largest absolute Gasteiger partial charge is 0.457 e. The highest BCUT2D eigenvalue weighted by atomic mass is 35.5. The summed E-state index contributed by atoms with van der Waals surface area (Å²) in [6, 6.07) is 17.7. The van der Waals surface area contributed by atoms with E-state index in [4.69, 9.17) is 21.1 Å². The zero-order chi connectivity index (χ0) is 25.2. The predicted octanol–water partition coefficient (Wildman–Crippen LogP) is 6.66. The Kier molecular flexibility index (Phi) is 6.88. The van der Waals surface area contributed by atoms with Crippen molar-refractivity contribution in [3.8, 4) is 11.5 Å². The van der Waals surface area contributed by atoms with Crippen molar-refractivity contribution in [2.45, 2.75) is 19.3 Å². The number of halogens is 4.